The summed E-state index contributed by atoms with van der Waals surface area (Å²) in [6, 6.07) is 14.3. The lowest BCUT2D eigenvalue weighted by Crippen LogP contribution is -2.34. The fourth-order valence-electron chi connectivity index (χ4n) is 4.50. The predicted molar refractivity (Wildman–Crippen MR) is 120 cm³/mol. The lowest BCUT2D eigenvalue weighted by molar-refractivity contribution is 0.396. The van der Waals surface area contributed by atoms with Gasteiger partial charge in [-0.05, 0) is 55.2 Å². The van der Waals surface area contributed by atoms with E-state index in [1.165, 1.54) is 6.07 Å². The molecule has 0 radical (unpaired) electrons. The molecule has 1 fully saturated rings. The Morgan fingerprint density at radius 3 is 2.84 bits per heavy atom. The van der Waals surface area contributed by atoms with Gasteiger partial charge in [0, 0.05) is 36.3 Å². The van der Waals surface area contributed by atoms with Crippen molar-refractivity contribution in [1.82, 2.24) is 24.3 Å². The van der Waals surface area contributed by atoms with Gasteiger partial charge in [0.15, 0.2) is 0 Å². The Bertz CT molecular complexity index is 1420. The summed E-state index contributed by atoms with van der Waals surface area (Å²) in [5.74, 6) is 0.149. The van der Waals surface area contributed by atoms with Crippen LogP contribution in [-0.4, -0.2) is 45.3 Å². The molecule has 0 aliphatic carbocycles. The van der Waals surface area contributed by atoms with Crippen LogP contribution >= 0.6 is 0 Å². The number of sulfonamides is 1. The van der Waals surface area contributed by atoms with Crippen LogP contribution in [0.15, 0.2) is 66.0 Å². The van der Waals surface area contributed by atoms with Crippen molar-refractivity contribution in [3.63, 3.8) is 0 Å². The van der Waals surface area contributed by atoms with E-state index in [0.717, 1.165) is 28.5 Å². The third-order valence-electron chi connectivity index (χ3n) is 6.08. The number of benzene rings is 2. The van der Waals surface area contributed by atoms with Crippen molar-refractivity contribution in [3.05, 3.63) is 66.6 Å². The molecule has 1 N–H and O–H groups in total. The molecule has 162 valence electrons. The molecule has 2 aromatic carbocycles. The Morgan fingerprint density at radius 2 is 2.06 bits per heavy atom. The minimum atomic E-state index is -3.66. The number of rotatable bonds is 5. The van der Waals surface area contributed by atoms with Gasteiger partial charge in [-0.1, -0.05) is 12.1 Å². The molecule has 8 nitrogen and oxygen atoms in total. The molecule has 0 spiro atoms. The third kappa shape index (κ3) is 3.57. The zero-order chi connectivity index (χ0) is 22.3. The molecule has 0 amide bonds. The minimum Gasteiger partial charge on any atom is -0.285 e. The minimum absolute atomic E-state index is 0.120. The Hall–Kier alpha value is -3.48. The summed E-state index contributed by atoms with van der Waals surface area (Å²) in [6.07, 6.45) is 6.24. The Kier molecular flexibility index (Phi) is 5.04. The van der Waals surface area contributed by atoms with Gasteiger partial charge >= 0.3 is 0 Å². The van der Waals surface area contributed by atoms with Gasteiger partial charge in [0.25, 0.3) is 0 Å². The van der Waals surface area contributed by atoms with Gasteiger partial charge in [0.2, 0.25) is 10.0 Å². The second-order valence-electron chi connectivity index (χ2n) is 8.25. The molecule has 1 aliphatic rings. The molecule has 9 heteroatoms. The fraction of sp³-hybridized carbons (Fsp3) is 0.261. The van der Waals surface area contributed by atoms with Crippen LogP contribution in [0.4, 0.5) is 0 Å². The molecule has 1 aliphatic heterocycles. The van der Waals surface area contributed by atoms with E-state index >= 15 is 0 Å². The quantitative estimate of drug-likeness (QED) is 0.506. The van der Waals surface area contributed by atoms with Crippen LogP contribution in [-0.2, 0) is 16.6 Å². The molecule has 32 heavy (non-hydrogen) atoms. The molecule has 2 atom stereocenters. The van der Waals surface area contributed by atoms with Gasteiger partial charge in [0.1, 0.15) is 0 Å². The average molecular weight is 447 g/mol. The molecule has 2 aromatic heterocycles. The van der Waals surface area contributed by atoms with E-state index in [9.17, 15) is 8.42 Å². The third-order valence-corrected chi connectivity index (χ3v) is 8.05. The highest BCUT2D eigenvalue weighted by atomic mass is 32.2. The zero-order valence-corrected chi connectivity index (χ0v) is 18.3. The molecule has 0 bridgehead atoms. The number of hydrogen-bond acceptors (Lipinski definition) is 5. The molecule has 5 rings (SSSR count). The molecule has 4 aromatic rings. The highest BCUT2D eigenvalue weighted by molar-refractivity contribution is 7.89. The van der Waals surface area contributed by atoms with Crippen LogP contribution in [0.1, 0.15) is 18.9 Å². The maximum absolute atomic E-state index is 13.2. The van der Waals surface area contributed by atoms with Crippen molar-refractivity contribution in [2.45, 2.75) is 30.8 Å². The highest BCUT2D eigenvalue weighted by Gasteiger charge is 2.38. The smallest absolute Gasteiger partial charge is 0.243 e. The molecule has 0 saturated carbocycles. The van der Waals surface area contributed by atoms with Crippen LogP contribution in [0.3, 0.4) is 0 Å². The first kappa shape index (κ1) is 20.4. The number of aromatic amines is 1. The summed E-state index contributed by atoms with van der Waals surface area (Å²) < 4.78 is 29.9. The van der Waals surface area contributed by atoms with Crippen LogP contribution in [0.25, 0.3) is 22.0 Å². The van der Waals surface area contributed by atoms with Gasteiger partial charge < -0.3 is 0 Å². The summed E-state index contributed by atoms with van der Waals surface area (Å²) in [5.41, 5.74) is 3.45. The maximum atomic E-state index is 13.2. The first-order valence-corrected chi connectivity index (χ1v) is 11.9. The predicted octanol–water partition coefficient (Wildman–Crippen LogP) is 3.40. The maximum Gasteiger partial charge on any atom is 0.243 e. The second kappa shape index (κ2) is 7.89. The van der Waals surface area contributed by atoms with Crippen LogP contribution in [0, 0.1) is 17.2 Å². The fourth-order valence-corrected chi connectivity index (χ4v) is 6.27. The normalized spacial score (nSPS) is 19.4. The molecule has 0 unspecified atom stereocenters. The highest BCUT2D eigenvalue weighted by Crippen LogP contribution is 2.31. The number of H-pyrrole nitrogens is 1. The summed E-state index contributed by atoms with van der Waals surface area (Å²) in [7, 11) is -3.66. The number of hydrogen-bond donors (Lipinski definition) is 1. The zero-order valence-electron chi connectivity index (χ0n) is 17.5. The van der Waals surface area contributed by atoms with Crippen molar-refractivity contribution in [2.75, 3.05) is 6.54 Å². The summed E-state index contributed by atoms with van der Waals surface area (Å²) in [4.78, 5) is 0.167. The molecular weight excluding hydrogens is 424 g/mol. The van der Waals surface area contributed by atoms with Crippen LogP contribution in [0.5, 0.6) is 0 Å². The van der Waals surface area contributed by atoms with E-state index in [4.69, 9.17) is 5.26 Å². The number of nitrogens with one attached hydrogen (secondary N) is 1. The van der Waals surface area contributed by atoms with Gasteiger partial charge in [-0.3, -0.25) is 9.78 Å². The van der Waals surface area contributed by atoms with Crippen molar-refractivity contribution >= 4 is 20.9 Å². The molecule has 3 heterocycles. The van der Waals surface area contributed by atoms with Crippen LogP contribution in [0.2, 0.25) is 0 Å². The summed E-state index contributed by atoms with van der Waals surface area (Å²) >= 11 is 0. The monoisotopic (exact) mass is 446 g/mol. The standard InChI is InChI=1S/C23H22N6O2S/c1-16-7-18(15-29(16)32(30,31)22-4-2-3-17(8-22)10-24)14-28-23-6-5-19(9-20(23)13-27-28)21-11-25-26-12-21/h2-6,8-9,11-13,16,18H,7,14-15H2,1H3,(H,25,26)/t16-,18+/m0/s1. The number of fused-ring (bicyclic) bond motifs is 1. The lowest BCUT2D eigenvalue weighted by Gasteiger charge is -2.21. The van der Waals surface area contributed by atoms with Gasteiger partial charge in [-0.15, -0.1) is 0 Å². The number of nitrogens with zero attached hydrogens (tertiary/aromatic N) is 5. The summed E-state index contributed by atoms with van der Waals surface area (Å²) in [6.45, 7) is 3.00. The largest absolute Gasteiger partial charge is 0.285 e. The van der Waals surface area contributed by atoms with Gasteiger partial charge in [0.05, 0.1) is 34.4 Å². The SMILES string of the molecule is C[C@H]1C[C@H](Cn2ncc3cc(-c4cn[nH]c4)ccc32)CN1S(=O)(=O)c1cccc(C#N)c1. The lowest BCUT2D eigenvalue weighted by atomic mass is 10.1. The average Bonchev–Trinajstić information content (AvgIpc) is 3.54. The Morgan fingerprint density at radius 1 is 1.19 bits per heavy atom. The number of aromatic nitrogens is 4. The Balaban J connectivity index is 1.36. The van der Waals surface area contributed by atoms with Gasteiger partial charge in [-0.2, -0.15) is 19.8 Å². The van der Waals surface area contributed by atoms with Crippen molar-refractivity contribution in [3.8, 4) is 17.2 Å². The second-order valence-corrected chi connectivity index (χ2v) is 10.1. The topological polar surface area (TPSA) is 108 Å². The van der Waals surface area contributed by atoms with E-state index in [1.54, 1.807) is 28.7 Å². The summed E-state index contributed by atoms with van der Waals surface area (Å²) in [5, 5.41) is 21.5. The van der Waals surface area contributed by atoms with E-state index in [0.29, 0.717) is 18.7 Å². The van der Waals surface area contributed by atoms with E-state index in [-0.39, 0.29) is 16.9 Å². The van der Waals surface area contributed by atoms with Crippen molar-refractivity contribution in [1.29, 1.82) is 5.26 Å². The molecular formula is C23H22N6O2S. The first-order chi connectivity index (χ1) is 15.5. The molecule has 1 saturated heterocycles. The van der Waals surface area contributed by atoms with E-state index < -0.39 is 10.0 Å². The van der Waals surface area contributed by atoms with Crippen molar-refractivity contribution in [2.24, 2.45) is 5.92 Å². The van der Waals surface area contributed by atoms with E-state index in [2.05, 4.69) is 21.4 Å². The van der Waals surface area contributed by atoms with Gasteiger partial charge in [-0.25, -0.2) is 8.42 Å². The first-order valence-electron chi connectivity index (χ1n) is 10.4. The Labute approximate surface area is 186 Å². The van der Waals surface area contributed by atoms with E-state index in [1.807, 2.05) is 42.2 Å². The van der Waals surface area contributed by atoms with Crippen LogP contribution < -0.4 is 0 Å². The van der Waals surface area contributed by atoms with Crippen molar-refractivity contribution < 1.29 is 8.42 Å². The number of nitriles is 1.